The molecule has 98 valence electrons. The highest BCUT2D eigenvalue weighted by atomic mass is 16.2. The first-order valence-corrected chi connectivity index (χ1v) is 6.77. The van der Waals surface area contributed by atoms with Gasteiger partial charge in [-0.2, -0.15) is 0 Å². The lowest BCUT2D eigenvalue weighted by atomic mass is 10.1. The van der Waals surface area contributed by atoms with Gasteiger partial charge in [-0.1, -0.05) is 32.0 Å². The lowest BCUT2D eigenvalue weighted by Crippen LogP contribution is -2.41. The molecule has 2 rings (SSSR count). The third kappa shape index (κ3) is 3.33. The van der Waals surface area contributed by atoms with E-state index in [1.54, 1.807) is 0 Å². The Bertz CT molecular complexity index is 389. The van der Waals surface area contributed by atoms with Gasteiger partial charge in [-0.25, -0.2) is 0 Å². The van der Waals surface area contributed by atoms with Gasteiger partial charge in [-0.3, -0.25) is 9.69 Å². The van der Waals surface area contributed by atoms with E-state index in [-0.39, 0.29) is 11.9 Å². The minimum Gasteiger partial charge on any atom is -0.325 e. The summed E-state index contributed by atoms with van der Waals surface area (Å²) in [6.45, 7) is 6.45. The summed E-state index contributed by atoms with van der Waals surface area (Å²) in [5.74, 6) is 0.745. The van der Waals surface area contributed by atoms with Gasteiger partial charge in [0.05, 0.1) is 6.04 Å². The summed E-state index contributed by atoms with van der Waals surface area (Å²) >= 11 is 0. The van der Waals surface area contributed by atoms with Crippen LogP contribution in [0.3, 0.4) is 0 Å². The molecule has 1 saturated heterocycles. The number of rotatable bonds is 4. The average Bonchev–Trinajstić information content (AvgIpc) is 2.77. The van der Waals surface area contributed by atoms with Gasteiger partial charge in [0.25, 0.3) is 0 Å². The number of nitrogens with zero attached hydrogens (tertiary/aromatic N) is 1. The number of hydrogen-bond donors (Lipinski definition) is 1. The molecule has 0 unspecified atom stereocenters. The molecule has 1 atom stereocenters. The number of benzene rings is 1. The van der Waals surface area contributed by atoms with Gasteiger partial charge >= 0.3 is 0 Å². The molecule has 18 heavy (non-hydrogen) atoms. The van der Waals surface area contributed by atoms with Gasteiger partial charge in [-0.15, -0.1) is 0 Å². The Kier molecular flexibility index (Phi) is 4.37. The topological polar surface area (TPSA) is 32.3 Å². The number of anilines is 1. The molecular weight excluding hydrogens is 224 g/mol. The van der Waals surface area contributed by atoms with Crippen LogP contribution >= 0.6 is 0 Å². The molecule has 1 heterocycles. The Morgan fingerprint density at radius 1 is 1.39 bits per heavy atom. The zero-order chi connectivity index (χ0) is 13.0. The zero-order valence-electron chi connectivity index (χ0n) is 11.2. The average molecular weight is 246 g/mol. The number of carbonyl (C=O) groups excluding carboxylic acids is 1. The standard InChI is InChI=1S/C15H22N2O/c1-12(2)11-17-10-6-9-14(17)15(18)16-13-7-4-3-5-8-13/h3-5,7-8,12,14H,6,9-11H2,1-2H3,(H,16,18)/t14-/m1/s1. The zero-order valence-corrected chi connectivity index (χ0v) is 11.2. The van der Waals surface area contributed by atoms with E-state index in [9.17, 15) is 4.79 Å². The smallest absolute Gasteiger partial charge is 0.241 e. The molecule has 0 spiro atoms. The highest BCUT2D eigenvalue weighted by Gasteiger charge is 2.30. The van der Waals surface area contributed by atoms with Gasteiger partial charge < -0.3 is 5.32 Å². The molecule has 0 bridgehead atoms. The number of carbonyl (C=O) groups is 1. The van der Waals surface area contributed by atoms with Crippen LogP contribution in [0, 0.1) is 5.92 Å². The van der Waals surface area contributed by atoms with Crippen LogP contribution in [0.4, 0.5) is 5.69 Å². The van der Waals surface area contributed by atoms with Crippen molar-refractivity contribution in [2.75, 3.05) is 18.4 Å². The Morgan fingerprint density at radius 3 is 2.78 bits per heavy atom. The van der Waals surface area contributed by atoms with Crippen LogP contribution in [0.25, 0.3) is 0 Å². The van der Waals surface area contributed by atoms with Crippen LogP contribution in [0.15, 0.2) is 30.3 Å². The van der Waals surface area contributed by atoms with Crippen molar-refractivity contribution in [1.29, 1.82) is 0 Å². The Hall–Kier alpha value is -1.35. The van der Waals surface area contributed by atoms with Crippen LogP contribution < -0.4 is 5.32 Å². The van der Waals surface area contributed by atoms with Crippen molar-refractivity contribution in [2.45, 2.75) is 32.7 Å². The first kappa shape index (κ1) is 13.1. The summed E-state index contributed by atoms with van der Waals surface area (Å²) in [5, 5.41) is 3.01. The predicted octanol–water partition coefficient (Wildman–Crippen LogP) is 2.75. The predicted molar refractivity (Wildman–Crippen MR) is 74.5 cm³/mol. The van der Waals surface area contributed by atoms with E-state index in [2.05, 4.69) is 24.1 Å². The van der Waals surface area contributed by atoms with Gasteiger partial charge in [0.15, 0.2) is 0 Å². The summed E-state index contributed by atoms with van der Waals surface area (Å²) in [5.41, 5.74) is 0.888. The van der Waals surface area contributed by atoms with E-state index >= 15 is 0 Å². The van der Waals surface area contributed by atoms with E-state index in [0.29, 0.717) is 5.92 Å². The fourth-order valence-corrected chi connectivity index (χ4v) is 2.56. The highest BCUT2D eigenvalue weighted by molar-refractivity contribution is 5.94. The van der Waals surface area contributed by atoms with E-state index in [0.717, 1.165) is 31.6 Å². The van der Waals surface area contributed by atoms with E-state index in [1.807, 2.05) is 30.3 Å². The summed E-state index contributed by atoms with van der Waals surface area (Å²) < 4.78 is 0. The first-order valence-electron chi connectivity index (χ1n) is 6.77. The molecule has 0 aliphatic carbocycles. The number of amides is 1. The molecule has 0 aromatic heterocycles. The molecule has 1 N–H and O–H groups in total. The fraction of sp³-hybridized carbons (Fsp3) is 0.533. The second-order valence-corrected chi connectivity index (χ2v) is 5.40. The summed E-state index contributed by atoms with van der Waals surface area (Å²) in [6.07, 6.45) is 2.10. The lowest BCUT2D eigenvalue weighted by Gasteiger charge is -2.25. The number of nitrogens with one attached hydrogen (secondary N) is 1. The van der Waals surface area contributed by atoms with Crippen LogP contribution in [0.5, 0.6) is 0 Å². The largest absolute Gasteiger partial charge is 0.325 e. The Morgan fingerprint density at radius 2 is 2.11 bits per heavy atom. The van der Waals surface area contributed by atoms with Gasteiger partial charge in [0.2, 0.25) is 5.91 Å². The summed E-state index contributed by atoms with van der Waals surface area (Å²) in [6, 6.07) is 9.74. The van der Waals surface area contributed by atoms with Crippen molar-refractivity contribution >= 4 is 11.6 Å². The van der Waals surface area contributed by atoms with Crippen molar-refractivity contribution in [2.24, 2.45) is 5.92 Å². The monoisotopic (exact) mass is 246 g/mol. The maximum absolute atomic E-state index is 12.3. The van der Waals surface area contributed by atoms with Crippen molar-refractivity contribution < 1.29 is 4.79 Å². The van der Waals surface area contributed by atoms with Crippen molar-refractivity contribution in [1.82, 2.24) is 4.90 Å². The Balaban J connectivity index is 1.96. The molecule has 3 nitrogen and oxygen atoms in total. The van der Waals surface area contributed by atoms with Crippen LogP contribution in [-0.4, -0.2) is 29.9 Å². The van der Waals surface area contributed by atoms with E-state index in [1.165, 1.54) is 0 Å². The van der Waals surface area contributed by atoms with Crippen molar-refractivity contribution in [3.63, 3.8) is 0 Å². The first-order chi connectivity index (χ1) is 8.66. The molecule has 1 amide bonds. The number of hydrogen-bond acceptors (Lipinski definition) is 2. The van der Waals surface area contributed by atoms with Gasteiger partial charge in [0, 0.05) is 12.2 Å². The van der Waals surface area contributed by atoms with Gasteiger partial charge in [-0.05, 0) is 37.4 Å². The molecule has 1 aromatic rings. The summed E-state index contributed by atoms with van der Waals surface area (Å²) in [4.78, 5) is 14.6. The van der Waals surface area contributed by atoms with Crippen LogP contribution in [-0.2, 0) is 4.79 Å². The lowest BCUT2D eigenvalue weighted by molar-refractivity contribution is -0.120. The van der Waals surface area contributed by atoms with Crippen molar-refractivity contribution in [3.05, 3.63) is 30.3 Å². The third-order valence-corrected chi connectivity index (χ3v) is 3.31. The molecule has 3 heteroatoms. The minimum atomic E-state index is 0.0487. The second kappa shape index (κ2) is 6.01. The van der Waals surface area contributed by atoms with Crippen LogP contribution in [0.2, 0.25) is 0 Å². The van der Waals surface area contributed by atoms with Crippen LogP contribution in [0.1, 0.15) is 26.7 Å². The molecule has 1 aliphatic rings. The van der Waals surface area contributed by atoms with E-state index < -0.39 is 0 Å². The molecule has 1 aromatic carbocycles. The van der Waals surface area contributed by atoms with Gasteiger partial charge in [0.1, 0.15) is 0 Å². The Labute approximate surface area is 109 Å². The second-order valence-electron chi connectivity index (χ2n) is 5.40. The molecular formula is C15H22N2O. The molecule has 1 fully saturated rings. The quantitative estimate of drug-likeness (QED) is 0.886. The SMILES string of the molecule is CC(C)CN1CCC[C@@H]1C(=O)Nc1ccccc1. The molecule has 0 saturated carbocycles. The number of para-hydroxylation sites is 1. The molecule has 1 aliphatic heterocycles. The maximum atomic E-state index is 12.3. The normalized spacial score (nSPS) is 20.3. The highest BCUT2D eigenvalue weighted by Crippen LogP contribution is 2.20. The summed E-state index contributed by atoms with van der Waals surface area (Å²) in [7, 11) is 0. The van der Waals surface area contributed by atoms with E-state index in [4.69, 9.17) is 0 Å². The molecule has 0 radical (unpaired) electrons. The minimum absolute atomic E-state index is 0.0487. The maximum Gasteiger partial charge on any atom is 0.241 e. The van der Waals surface area contributed by atoms with Crippen molar-refractivity contribution in [3.8, 4) is 0 Å². The fourth-order valence-electron chi connectivity index (χ4n) is 2.56. The number of likely N-dealkylation sites (tertiary alicyclic amines) is 1. The third-order valence-electron chi connectivity index (χ3n) is 3.31.